The summed E-state index contributed by atoms with van der Waals surface area (Å²) in [6.45, 7) is 15.5. The number of allylic oxidation sites excluding steroid dienone is 4. The second-order valence-electron chi connectivity index (χ2n) is 8.15. The van der Waals surface area contributed by atoms with Gasteiger partial charge in [-0.05, 0) is 6.42 Å². The summed E-state index contributed by atoms with van der Waals surface area (Å²) in [6, 6.07) is 21.6. The fourth-order valence-electron chi connectivity index (χ4n) is 3.67. The summed E-state index contributed by atoms with van der Waals surface area (Å²) < 4.78 is 0. The van der Waals surface area contributed by atoms with Crippen LogP contribution in [0.4, 0.5) is 0 Å². The van der Waals surface area contributed by atoms with Gasteiger partial charge in [0.05, 0.1) is 0 Å². The van der Waals surface area contributed by atoms with Crippen LogP contribution in [-0.2, 0) is 29.8 Å². The molecular formula is C28H34SiZr. The summed E-state index contributed by atoms with van der Waals surface area (Å²) in [5.74, 6) is 0.560. The second kappa shape index (κ2) is 11.9. The number of aryl methyl sites for hydroxylation is 1. The third kappa shape index (κ3) is 6.56. The van der Waals surface area contributed by atoms with Crippen molar-refractivity contribution in [3.05, 3.63) is 89.0 Å². The Labute approximate surface area is 198 Å². The van der Waals surface area contributed by atoms with Crippen molar-refractivity contribution in [2.24, 2.45) is 5.92 Å². The van der Waals surface area contributed by atoms with Crippen LogP contribution < -0.4 is 0 Å². The van der Waals surface area contributed by atoms with E-state index >= 15 is 0 Å². The van der Waals surface area contributed by atoms with Crippen molar-refractivity contribution < 1.29 is 23.3 Å². The topological polar surface area (TPSA) is 0 Å². The summed E-state index contributed by atoms with van der Waals surface area (Å²) in [5.41, 5.74) is 8.63. The Kier molecular flexibility index (Phi) is 9.85. The molecule has 1 unspecified atom stereocenters. The van der Waals surface area contributed by atoms with E-state index in [1.54, 1.807) is 23.3 Å². The van der Waals surface area contributed by atoms with Crippen molar-refractivity contribution >= 4 is 16.2 Å². The molecule has 3 aromatic rings. The zero-order valence-electron chi connectivity index (χ0n) is 19.6. The van der Waals surface area contributed by atoms with Gasteiger partial charge in [-0.1, -0.05) is 75.6 Å². The molecule has 0 saturated carbocycles. The molecule has 4 rings (SSSR count). The van der Waals surface area contributed by atoms with Crippen molar-refractivity contribution in [2.75, 3.05) is 0 Å². The summed E-state index contributed by atoms with van der Waals surface area (Å²) in [6.07, 6.45) is 4.44. The Morgan fingerprint density at radius 1 is 0.967 bits per heavy atom. The Morgan fingerprint density at radius 2 is 1.53 bits per heavy atom. The normalized spacial score (nSPS) is 15.2. The number of rotatable bonds is 2. The van der Waals surface area contributed by atoms with Crippen molar-refractivity contribution in [3.63, 3.8) is 0 Å². The third-order valence-corrected chi connectivity index (χ3v) is 5.56. The molecule has 1 aliphatic rings. The Hall–Kier alpha value is -1.37. The van der Waals surface area contributed by atoms with Crippen LogP contribution in [0.3, 0.4) is 0 Å². The SMILES string of the molecule is CC1=[C-]C(C)C(C)=C1C.CCc1[cH-]c2ccccc2c1-c1ccccc1.C[Si](C)=[Zr+2]. The van der Waals surface area contributed by atoms with E-state index < -0.39 is 0 Å². The van der Waals surface area contributed by atoms with Crippen molar-refractivity contribution in [3.8, 4) is 11.1 Å². The first-order valence-corrected chi connectivity index (χ1v) is 17.0. The van der Waals surface area contributed by atoms with E-state index in [0.29, 0.717) is 5.92 Å². The van der Waals surface area contributed by atoms with Gasteiger partial charge in [-0.2, -0.15) is 11.1 Å². The molecule has 0 radical (unpaired) electrons. The molecule has 0 saturated heterocycles. The van der Waals surface area contributed by atoms with Crippen LogP contribution in [0, 0.1) is 12.0 Å². The van der Waals surface area contributed by atoms with Gasteiger partial charge in [0.15, 0.2) is 0 Å². The summed E-state index contributed by atoms with van der Waals surface area (Å²) in [5, 5.41) is 2.72. The molecule has 0 fully saturated rings. The standard InChI is InChI=1S/C17H15.C9H13.C2H6Si.Zr/c1-2-13-12-15-10-6-7-11-16(15)17(13)14-8-4-3-5-9-14;1-6-5-7(2)9(4)8(6)3;1-3-2;/h3-12H,2H2,1H3;6H,1-4H3;1-2H3;/q2*-1;;+2. The van der Waals surface area contributed by atoms with E-state index in [-0.39, 0.29) is 5.43 Å². The number of hydrogen-bond donors (Lipinski definition) is 0. The summed E-state index contributed by atoms with van der Waals surface area (Å²) in [7, 11) is 0. The van der Waals surface area contributed by atoms with Gasteiger partial charge in [-0.15, -0.1) is 53.1 Å². The zero-order valence-corrected chi connectivity index (χ0v) is 23.0. The Morgan fingerprint density at radius 3 is 2.00 bits per heavy atom. The van der Waals surface area contributed by atoms with Crippen molar-refractivity contribution in [1.82, 2.24) is 0 Å². The second-order valence-corrected chi connectivity index (χ2v) is 17.5. The van der Waals surface area contributed by atoms with Crippen molar-refractivity contribution in [1.29, 1.82) is 0 Å². The first kappa shape index (κ1) is 24.9. The molecule has 0 spiro atoms. The third-order valence-electron chi connectivity index (χ3n) is 5.56. The molecule has 0 nitrogen and oxygen atoms in total. The van der Waals surface area contributed by atoms with Crippen LogP contribution in [-0.4, -0.2) is 5.43 Å². The van der Waals surface area contributed by atoms with Gasteiger partial charge in [0, 0.05) is 0 Å². The van der Waals surface area contributed by atoms with Crippen LogP contribution in [0.1, 0.15) is 40.2 Å². The molecule has 0 bridgehead atoms. The summed E-state index contributed by atoms with van der Waals surface area (Å²) in [4.78, 5) is 0. The predicted octanol–water partition coefficient (Wildman–Crippen LogP) is 8.29. The molecule has 0 aliphatic heterocycles. The molecule has 3 aromatic carbocycles. The van der Waals surface area contributed by atoms with E-state index in [2.05, 4.69) is 114 Å². The van der Waals surface area contributed by atoms with Gasteiger partial charge in [0.1, 0.15) is 0 Å². The van der Waals surface area contributed by atoms with E-state index in [4.69, 9.17) is 0 Å². The molecule has 1 aliphatic carbocycles. The van der Waals surface area contributed by atoms with Crippen LogP contribution in [0.2, 0.25) is 13.1 Å². The van der Waals surface area contributed by atoms with Gasteiger partial charge in [0.2, 0.25) is 0 Å². The van der Waals surface area contributed by atoms with Crippen molar-refractivity contribution in [2.45, 2.75) is 54.1 Å². The molecule has 0 heterocycles. The average molecular weight is 490 g/mol. The van der Waals surface area contributed by atoms with Gasteiger partial charge < -0.3 is 0 Å². The fourth-order valence-corrected chi connectivity index (χ4v) is 3.67. The van der Waals surface area contributed by atoms with Crippen LogP contribution >= 0.6 is 0 Å². The number of fused-ring (bicyclic) bond motifs is 1. The van der Waals surface area contributed by atoms with Crippen LogP contribution in [0.25, 0.3) is 21.9 Å². The number of benzene rings is 2. The first-order valence-electron chi connectivity index (χ1n) is 10.8. The van der Waals surface area contributed by atoms with Gasteiger partial charge in [-0.25, -0.2) is 5.57 Å². The van der Waals surface area contributed by atoms with Gasteiger partial charge in [-0.3, -0.25) is 6.08 Å². The molecule has 154 valence electrons. The zero-order chi connectivity index (χ0) is 22.3. The van der Waals surface area contributed by atoms with E-state index in [1.165, 1.54) is 44.2 Å². The Balaban J connectivity index is 0.000000207. The predicted molar refractivity (Wildman–Crippen MR) is 132 cm³/mol. The van der Waals surface area contributed by atoms with E-state index in [1.807, 2.05) is 0 Å². The quantitative estimate of drug-likeness (QED) is 0.251. The minimum absolute atomic E-state index is 0.210. The molecule has 1 atom stereocenters. The van der Waals surface area contributed by atoms with Crippen LogP contribution in [0.15, 0.2) is 77.4 Å². The molecule has 0 N–H and O–H groups in total. The monoisotopic (exact) mass is 488 g/mol. The fraction of sp³-hybridized carbons (Fsp3) is 0.321. The molecule has 0 amide bonds. The molecular weight excluding hydrogens is 456 g/mol. The molecule has 2 heteroatoms. The maximum absolute atomic E-state index is 3.36. The van der Waals surface area contributed by atoms with Gasteiger partial charge in [0.25, 0.3) is 0 Å². The minimum atomic E-state index is 0.210. The Bertz CT molecular complexity index is 1050. The van der Waals surface area contributed by atoms with E-state index in [9.17, 15) is 0 Å². The molecule has 0 aromatic heterocycles. The van der Waals surface area contributed by atoms with Gasteiger partial charge >= 0.3 is 41.9 Å². The van der Waals surface area contributed by atoms with E-state index in [0.717, 1.165) is 6.42 Å². The average Bonchev–Trinajstić information content (AvgIpc) is 3.21. The summed E-state index contributed by atoms with van der Waals surface area (Å²) >= 11 is 1.74. The number of hydrogen-bond acceptors (Lipinski definition) is 0. The molecule has 30 heavy (non-hydrogen) atoms. The van der Waals surface area contributed by atoms with Crippen LogP contribution in [0.5, 0.6) is 0 Å². The maximum atomic E-state index is 3.36. The first-order chi connectivity index (χ1) is 14.3.